The van der Waals surface area contributed by atoms with Crippen LogP contribution in [-0.2, 0) is 0 Å². The van der Waals surface area contributed by atoms with Crippen LogP contribution in [0.15, 0.2) is 42.6 Å². The van der Waals surface area contributed by atoms with Gasteiger partial charge in [-0.15, -0.1) is 0 Å². The van der Waals surface area contributed by atoms with E-state index in [0.29, 0.717) is 36.7 Å². The van der Waals surface area contributed by atoms with E-state index in [1.165, 1.54) is 0 Å². The maximum absolute atomic E-state index is 12.7. The molecular weight excluding hydrogens is 316 g/mol. The Hall–Kier alpha value is -2.76. The third-order valence-electron chi connectivity index (χ3n) is 4.26. The molecule has 1 fully saturated rings. The Bertz CT molecular complexity index is 713. The summed E-state index contributed by atoms with van der Waals surface area (Å²) >= 11 is 0. The summed E-state index contributed by atoms with van der Waals surface area (Å²) in [6.45, 7) is 5.55. The molecule has 6 nitrogen and oxygen atoms in total. The van der Waals surface area contributed by atoms with Gasteiger partial charge in [0.25, 0.3) is 5.91 Å². The molecule has 2 aromatic rings. The van der Waals surface area contributed by atoms with Crippen LogP contribution in [0.5, 0.6) is 5.75 Å². The molecule has 1 aliphatic heterocycles. The first-order valence-electron chi connectivity index (χ1n) is 8.66. The highest BCUT2D eigenvalue weighted by atomic mass is 16.5. The number of hydrogen-bond acceptors (Lipinski definition) is 5. The third-order valence-corrected chi connectivity index (χ3v) is 4.26. The van der Waals surface area contributed by atoms with Crippen LogP contribution in [-0.4, -0.2) is 48.6 Å². The Labute approximate surface area is 148 Å². The predicted molar refractivity (Wildman–Crippen MR) is 99.0 cm³/mol. The molecule has 0 unspecified atom stereocenters. The van der Waals surface area contributed by atoms with Gasteiger partial charge in [-0.2, -0.15) is 0 Å². The lowest BCUT2D eigenvalue weighted by molar-refractivity contribution is 0.0746. The van der Waals surface area contributed by atoms with Crippen molar-refractivity contribution >= 4 is 17.4 Å². The van der Waals surface area contributed by atoms with Gasteiger partial charge < -0.3 is 20.3 Å². The molecule has 0 spiro atoms. The number of anilines is 2. The Morgan fingerprint density at radius 1 is 1.20 bits per heavy atom. The number of nitrogen functional groups attached to an aromatic ring is 1. The van der Waals surface area contributed by atoms with E-state index in [9.17, 15) is 4.79 Å². The number of rotatable bonds is 5. The van der Waals surface area contributed by atoms with Crippen molar-refractivity contribution in [3.8, 4) is 5.75 Å². The summed E-state index contributed by atoms with van der Waals surface area (Å²) in [5, 5.41) is 0. The van der Waals surface area contributed by atoms with Gasteiger partial charge in [0.1, 0.15) is 11.6 Å². The second-order valence-electron chi connectivity index (χ2n) is 6.07. The lowest BCUT2D eigenvalue weighted by atomic mass is 10.1. The van der Waals surface area contributed by atoms with Gasteiger partial charge in [-0.05, 0) is 36.8 Å². The molecule has 2 N–H and O–H groups in total. The average molecular weight is 340 g/mol. The van der Waals surface area contributed by atoms with Crippen LogP contribution < -0.4 is 15.4 Å². The Kier molecular flexibility index (Phi) is 5.38. The minimum Gasteiger partial charge on any atom is -0.491 e. The van der Waals surface area contributed by atoms with E-state index < -0.39 is 0 Å². The van der Waals surface area contributed by atoms with Crippen molar-refractivity contribution in [2.45, 2.75) is 13.3 Å². The molecule has 1 saturated heterocycles. The molecule has 1 aromatic heterocycles. The number of amides is 1. The van der Waals surface area contributed by atoms with Gasteiger partial charge in [0, 0.05) is 37.9 Å². The van der Waals surface area contributed by atoms with Gasteiger partial charge in [-0.1, -0.05) is 13.0 Å². The van der Waals surface area contributed by atoms with Crippen LogP contribution >= 0.6 is 0 Å². The molecule has 0 saturated carbocycles. The van der Waals surface area contributed by atoms with Crippen LogP contribution in [0.3, 0.4) is 0 Å². The number of hydrogen-bond donors (Lipinski definition) is 1. The van der Waals surface area contributed by atoms with Gasteiger partial charge in [0.05, 0.1) is 12.3 Å². The molecule has 1 aromatic carbocycles. The Morgan fingerprint density at radius 2 is 2.00 bits per heavy atom. The molecule has 132 valence electrons. The summed E-state index contributed by atoms with van der Waals surface area (Å²) in [7, 11) is 0. The summed E-state index contributed by atoms with van der Waals surface area (Å²) in [5.74, 6) is 1.60. The number of aromatic nitrogens is 1. The van der Waals surface area contributed by atoms with Crippen LogP contribution in [0, 0.1) is 0 Å². The lowest BCUT2D eigenvalue weighted by Crippen LogP contribution is -2.49. The first-order valence-corrected chi connectivity index (χ1v) is 8.66. The molecule has 3 rings (SSSR count). The second-order valence-corrected chi connectivity index (χ2v) is 6.07. The number of pyridine rings is 1. The predicted octanol–water partition coefficient (Wildman–Crippen LogP) is 2.42. The van der Waals surface area contributed by atoms with Crippen molar-refractivity contribution in [3.05, 3.63) is 48.2 Å². The number of carbonyl (C=O) groups excluding carboxylic acids is 1. The summed E-state index contributed by atoms with van der Waals surface area (Å²) in [5.41, 5.74) is 7.13. The lowest BCUT2D eigenvalue weighted by Gasteiger charge is -2.35. The number of carbonyl (C=O) groups is 1. The molecular formula is C19H24N4O2. The van der Waals surface area contributed by atoms with Crippen molar-refractivity contribution < 1.29 is 9.53 Å². The average Bonchev–Trinajstić information content (AvgIpc) is 2.67. The normalized spacial score (nSPS) is 14.4. The van der Waals surface area contributed by atoms with Gasteiger partial charge >= 0.3 is 0 Å². The molecule has 0 aliphatic carbocycles. The van der Waals surface area contributed by atoms with E-state index in [0.717, 1.165) is 25.3 Å². The SMILES string of the molecule is CCCOc1ccc(C(=O)N2CCN(c3ccccn3)CC2)cc1N. The molecule has 1 amide bonds. The summed E-state index contributed by atoms with van der Waals surface area (Å²) < 4.78 is 5.57. The maximum atomic E-state index is 12.7. The smallest absolute Gasteiger partial charge is 0.254 e. The fourth-order valence-electron chi connectivity index (χ4n) is 2.89. The van der Waals surface area contributed by atoms with Crippen molar-refractivity contribution in [1.82, 2.24) is 9.88 Å². The summed E-state index contributed by atoms with van der Waals surface area (Å²) in [6, 6.07) is 11.1. The van der Waals surface area contributed by atoms with E-state index in [2.05, 4.69) is 9.88 Å². The molecule has 2 heterocycles. The van der Waals surface area contributed by atoms with Crippen LogP contribution in [0.25, 0.3) is 0 Å². The van der Waals surface area contributed by atoms with Crippen LogP contribution in [0.4, 0.5) is 11.5 Å². The monoisotopic (exact) mass is 340 g/mol. The van der Waals surface area contributed by atoms with Crippen LogP contribution in [0.1, 0.15) is 23.7 Å². The summed E-state index contributed by atoms with van der Waals surface area (Å²) in [4.78, 5) is 21.1. The number of benzene rings is 1. The second kappa shape index (κ2) is 7.88. The Morgan fingerprint density at radius 3 is 2.64 bits per heavy atom. The Balaban J connectivity index is 1.62. The third kappa shape index (κ3) is 4.02. The van der Waals surface area contributed by atoms with Gasteiger partial charge in [0.15, 0.2) is 0 Å². The maximum Gasteiger partial charge on any atom is 0.254 e. The van der Waals surface area contributed by atoms with Gasteiger partial charge in [-0.25, -0.2) is 4.98 Å². The topological polar surface area (TPSA) is 71.7 Å². The van der Waals surface area contributed by atoms with Gasteiger partial charge in [-0.3, -0.25) is 4.79 Å². The highest BCUT2D eigenvalue weighted by molar-refractivity contribution is 5.95. The quantitative estimate of drug-likeness (QED) is 0.846. The van der Waals surface area contributed by atoms with Gasteiger partial charge in [0.2, 0.25) is 0 Å². The largest absolute Gasteiger partial charge is 0.491 e. The van der Waals surface area contributed by atoms with E-state index in [4.69, 9.17) is 10.5 Å². The number of piperazine rings is 1. The number of ether oxygens (including phenoxy) is 1. The molecule has 0 atom stereocenters. The van der Waals surface area contributed by atoms with Crippen LogP contribution in [0.2, 0.25) is 0 Å². The highest BCUT2D eigenvalue weighted by Crippen LogP contribution is 2.24. The van der Waals surface area contributed by atoms with E-state index >= 15 is 0 Å². The zero-order valence-electron chi connectivity index (χ0n) is 14.5. The van der Waals surface area contributed by atoms with Crippen molar-refractivity contribution in [3.63, 3.8) is 0 Å². The summed E-state index contributed by atoms with van der Waals surface area (Å²) in [6.07, 6.45) is 2.71. The minimum absolute atomic E-state index is 0.00872. The zero-order valence-corrected chi connectivity index (χ0v) is 14.5. The number of nitrogens with two attached hydrogens (primary N) is 1. The van der Waals surface area contributed by atoms with E-state index in [1.807, 2.05) is 30.0 Å². The highest BCUT2D eigenvalue weighted by Gasteiger charge is 2.23. The molecule has 0 radical (unpaired) electrons. The fraction of sp³-hybridized carbons (Fsp3) is 0.368. The van der Waals surface area contributed by atoms with E-state index in [-0.39, 0.29) is 5.91 Å². The molecule has 1 aliphatic rings. The van der Waals surface area contributed by atoms with Crippen molar-refractivity contribution in [2.75, 3.05) is 43.4 Å². The standard InChI is InChI=1S/C19H24N4O2/c1-2-13-25-17-7-6-15(14-16(17)20)19(24)23-11-9-22(10-12-23)18-5-3-4-8-21-18/h3-8,14H,2,9-13,20H2,1H3. The minimum atomic E-state index is 0.00872. The molecule has 0 bridgehead atoms. The van der Waals surface area contributed by atoms with Crippen molar-refractivity contribution in [1.29, 1.82) is 0 Å². The van der Waals surface area contributed by atoms with Crippen molar-refractivity contribution in [2.24, 2.45) is 0 Å². The molecule has 25 heavy (non-hydrogen) atoms. The first kappa shape index (κ1) is 17.1. The zero-order chi connectivity index (χ0) is 17.6. The fourth-order valence-corrected chi connectivity index (χ4v) is 2.89. The molecule has 6 heteroatoms. The van der Waals surface area contributed by atoms with E-state index in [1.54, 1.807) is 24.4 Å². The first-order chi connectivity index (χ1) is 12.2. The number of nitrogens with zero attached hydrogens (tertiary/aromatic N) is 3.